The molecule has 0 saturated carbocycles. The average Bonchev–Trinajstić information content (AvgIpc) is 3.05. The molecule has 0 spiro atoms. The van der Waals surface area contributed by atoms with Crippen LogP contribution in [0.2, 0.25) is 0 Å². The van der Waals surface area contributed by atoms with E-state index in [4.69, 9.17) is 0 Å². The van der Waals surface area contributed by atoms with Gasteiger partial charge in [-0.3, -0.25) is 0 Å². The number of nitrogens with zero attached hydrogens (tertiary/aromatic N) is 2. The highest BCUT2D eigenvalue weighted by Gasteiger charge is 2.24. The third-order valence-corrected chi connectivity index (χ3v) is 9.72. The van der Waals surface area contributed by atoms with Crippen LogP contribution in [0.3, 0.4) is 0 Å². The molecule has 0 heterocycles. The molecular formula is C46H40N2. The first-order valence-corrected chi connectivity index (χ1v) is 16.9. The molecule has 2 nitrogen and oxygen atoms in total. The quantitative estimate of drug-likeness (QED) is 0.171. The van der Waals surface area contributed by atoms with Crippen molar-refractivity contribution in [3.05, 3.63) is 167 Å². The molecule has 8 aromatic rings. The van der Waals surface area contributed by atoms with E-state index >= 15 is 0 Å². The average molecular weight is 621 g/mol. The summed E-state index contributed by atoms with van der Waals surface area (Å²) >= 11 is 0. The summed E-state index contributed by atoms with van der Waals surface area (Å²) in [5.41, 5.74) is 14.6. The highest BCUT2D eigenvalue weighted by molar-refractivity contribution is 6.29. The number of rotatable bonds is 6. The van der Waals surface area contributed by atoms with Gasteiger partial charge in [-0.15, -0.1) is 0 Å². The Kier molecular flexibility index (Phi) is 7.18. The molecule has 0 atom stereocenters. The van der Waals surface area contributed by atoms with Crippen LogP contribution in [0.5, 0.6) is 0 Å². The third kappa shape index (κ3) is 4.96. The van der Waals surface area contributed by atoms with Crippen molar-refractivity contribution in [3.63, 3.8) is 0 Å². The number of aryl methyl sites for hydroxylation is 6. The molecule has 8 aromatic carbocycles. The van der Waals surface area contributed by atoms with Crippen LogP contribution in [-0.4, -0.2) is 0 Å². The second kappa shape index (κ2) is 11.6. The Morgan fingerprint density at radius 2 is 0.812 bits per heavy atom. The molecule has 0 unspecified atom stereocenters. The molecule has 0 bridgehead atoms. The van der Waals surface area contributed by atoms with E-state index in [1.54, 1.807) is 0 Å². The van der Waals surface area contributed by atoms with E-state index in [-0.39, 0.29) is 0 Å². The Morgan fingerprint density at radius 3 is 1.38 bits per heavy atom. The van der Waals surface area contributed by atoms with E-state index in [1.807, 2.05) is 0 Å². The summed E-state index contributed by atoms with van der Waals surface area (Å²) in [7, 11) is 0. The van der Waals surface area contributed by atoms with Crippen LogP contribution in [0, 0.1) is 41.5 Å². The normalized spacial score (nSPS) is 11.5. The summed E-state index contributed by atoms with van der Waals surface area (Å²) in [5, 5.41) is 7.59. The summed E-state index contributed by atoms with van der Waals surface area (Å²) in [6.45, 7) is 13.2. The van der Waals surface area contributed by atoms with Crippen LogP contribution in [0.4, 0.5) is 34.1 Å². The number of anilines is 6. The Bertz CT molecular complexity index is 2440. The van der Waals surface area contributed by atoms with E-state index in [2.05, 4.69) is 185 Å². The number of para-hydroxylation sites is 2. The molecule has 0 saturated heterocycles. The molecule has 0 aliphatic heterocycles. The molecule has 0 aliphatic carbocycles. The molecule has 0 radical (unpaired) electrons. The minimum absolute atomic E-state index is 1.18. The van der Waals surface area contributed by atoms with Crippen LogP contribution in [0.15, 0.2) is 133 Å². The van der Waals surface area contributed by atoms with Crippen molar-refractivity contribution in [1.82, 2.24) is 0 Å². The predicted molar refractivity (Wildman–Crippen MR) is 208 cm³/mol. The maximum atomic E-state index is 2.47. The van der Waals surface area contributed by atoms with Crippen LogP contribution in [-0.2, 0) is 0 Å². The van der Waals surface area contributed by atoms with Crippen LogP contribution in [0.1, 0.15) is 33.4 Å². The maximum absolute atomic E-state index is 2.47. The van der Waals surface area contributed by atoms with Crippen molar-refractivity contribution in [1.29, 1.82) is 0 Å². The van der Waals surface area contributed by atoms with Gasteiger partial charge in [0.1, 0.15) is 0 Å². The van der Waals surface area contributed by atoms with Crippen molar-refractivity contribution < 1.29 is 0 Å². The molecule has 8 rings (SSSR count). The second-order valence-electron chi connectivity index (χ2n) is 13.5. The summed E-state index contributed by atoms with van der Waals surface area (Å²) < 4.78 is 0. The van der Waals surface area contributed by atoms with Gasteiger partial charge in [-0.2, -0.15) is 0 Å². The third-order valence-electron chi connectivity index (χ3n) is 9.72. The largest absolute Gasteiger partial charge is 0.310 e. The zero-order valence-corrected chi connectivity index (χ0v) is 28.6. The summed E-state index contributed by atoms with van der Waals surface area (Å²) in [4.78, 5) is 4.92. The van der Waals surface area contributed by atoms with Gasteiger partial charge < -0.3 is 9.80 Å². The number of hydrogen-bond acceptors (Lipinski definition) is 2. The number of hydrogen-bond donors (Lipinski definition) is 0. The molecule has 0 N–H and O–H groups in total. The lowest BCUT2D eigenvalue weighted by Gasteiger charge is -2.31. The zero-order valence-electron chi connectivity index (χ0n) is 28.6. The van der Waals surface area contributed by atoms with Gasteiger partial charge in [0, 0.05) is 33.5 Å². The SMILES string of the molecule is Cc1cc(C)cc(N(c2ccccc2C)c2cc3ccc(N(c4cc(C)cc(C)c4)c4ccccc4C)c4ccc5cccc2c5c34)c1. The first kappa shape index (κ1) is 29.8. The van der Waals surface area contributed by atoms with Crippen LogP contribution in [0.25, 0.3) is 32.3 Å². The molecule has 0 amide bonds. The molecule has 2 heteroatoms. The van der Waals surface area contributed by atoms with Gasteiger partial charge in [-0.05, 0) is 145 Å². The highest BCUT2D eigenvalue weighted by atomic mass is 15.2. The Labute approximate surface area is 283 Å². The Morgan fingerprint density at radius 1 is 0.333 bits per heavy atom. The molecule has 0 aliphatic rings. The summed E-state index contributed by atoms with van der Waals surface area (Å²) in [6.07, 6.45) is 0. The van der Waals surface area contributed by atoms with Gasteiger partial charge in [0.25, 0.3) is 0 Å². The van der Waals surface area contributed by atoms with Crippen molar-refractivity contribution in [2.24, 2.45) is 0 Å². The van der Waals surface area contributed by atoms with Gasteiger partial charge >= 0.3 is 0 Å². The van der Waals surface area contributed by atoms with Crippen molar-refractivity contribution in [3.8, 4) is 0 Å². The van der Waals surface area contributed by atoms with Crippen LogP contribution >= 0.6 is 0 Å². The van der Waals surface area contributed by atoms with Gasteiger partial charge in [-0.1, -0.05) is 84.9 Å². The Balaban J connectivity index is 1.45. The first-order chi connectivity index (χ1) is 23.3. The molecule has 234 valence electrons. The van der Waals surface area contributed by atoms with Crippen LogP contribution < -0.4 is 9.80 Å². The van der Waals surface area contributed by atoms with Crippen molar-refractivity contribution in [2.45, 2.75) is 41.5 Å². The van der Waals surface area contributed by atoms with E-state index in [0.29, 0.717) is 0 Å². The highest BCUT2D eigenvalue weighted by Crippen LogP contribution is 2.49. The monoisotopic (exact) mass is 620 g/mol. The molecule has 48 heavy (non-hydrogen) atoms. The molecule has 0 aromatic heterocycles. The fourth-order valence-corrected chi connectivity index (χ4v) is 7.78. The maximum Gasteiger partial charge on any atom is 0.0546 e. The van der Waals surface area contributed by atoms with Gasteiger partial charge in [-0.25, -0.2) is 0 Å². The second-order valence-corrected chi connectivity index (χ2v) is 13.5. The minimum atomic E-state index is 1.18. The lowest BCUT2D eigenvalue weighted by Crippen LogP contribution is -2.13. The Hall–Kier alpha value is -5.60. The fourth-order valence-electron chi connectivity index (χ4n) is 7.78. The van der Waals surface area contributed by atoms with Crippen molar-refractivity contribution in [2.75, 3.05) is 9.80 Å². The van der Waals surface area contributed by atoms with E-state index in [1.165, 1.54) is 99.8 Å². The summed E-state index contributed by atoms with van der Waals surface area (Å²) in [5.74, 6) is 0. The molecular weight excluding hydrogens is 581 g/mol. The van der Waals surface area contributed by atoms with E-state index in [0.717, 1.165) is 0 Å². The minimum Gasteiger partial charge on any atom is -0.310 e. The van der Waals surface area contributed by atoms with Gasteiger partial charge in [0.05, 0.1) is 11.4 Å². The predicted octanol–water partition coefficient (Wildman–Crippen LogP) is 13.4. The standard InChI is InChI=1S/C46H40N2/c1-29-22-30(2)25-37(24-29)47(41-16-9-7-12-33(41)5)43-21-19-36-28-44(39-15-11-14-35-18-20-40(43)46(36)45(35)39)48(42-17-10-8-13-34(42)6)38-26-31(3)23-32(4)27-38/h7-28H,1-6H3. The molecule has 0 fully saturated rings. The number of benzene rings is 8. The lowest BCUT2D eigenvalue weighted by atomic mass is 9.91. The first-order valence-electron chi connectivity index (χ1n) is 16.9. The summed E-state index contributed by atoms with van der Waals surface area (Å²) in [6, 6.07) is 49.7. The van der Waals surface area contributed by atoms with E-state index < -0.39 is 0 Å². The van der Waals surface area contributed by atoms with Gasteiger partial charge in [0.15, 0.2) is 0 Å². The lowest BCUT2D eigenvalue weighted by molar-refractivity contribution is 1.24. The van der Waals surface area contributed by atoms with Crippen molar-refractivity contribution >= 4 is 66.4 Å². The topological polar surface area (TPSA) is 6.48 Å². The van der Waals surface area contributed by atoms with Gasteiger partial charge in [0.2, 0.25) is 0 Å². The zero-order chi connectivity index (χ0) is 33.1. The fraction of sp³-hybridized carbons (Fsp3) is 0.130. The smallest absolute Gasteiger partial charge is 0.0546 e. The van der Waals surface area contributed by atoms with E-state index in [9.17, 15) is 0 Å².